The van der Waals surface area contributed by atoms with Crippen molar-refractivity contribution in [3.8, 4) is 11.5 Å². The molecule has 4 nitrogen and oxygen atoms in total. The molecule has 0 saturated heterocycles. The Kier molecular flexibility index (Phi) is 3.41. The largest absolute Gasteiger partial charge is 0.508 e. The molecule has 2 rings (SSSR count). The number of benzene rings is 2. The van der Waals surface area contributed by atoms with E-state index in [0.29, 0.717) is 10.6 Å². The van der Waals surface area contributed by atoms with E-state index < -0.39 is 7.37 Å². The van der Waals surface area contributed by atoms with Gasteiger partial charge < -0.3 is 14.7 Å². The fourth-order valence-corrected chi connectivity index (χ4v) is 3.46. The third kappa shape index (κ3) is 2.26. The Morgan fingerprint density at radius 2 is 1.17 bits per heavy atom. The SMILES string of the molecule is COP(=O)(c1ccc(O)cc1)c1ccc(O)cc1. The van der Waals surface area contributed by atoms with Crippen LogP contribution in [0.15, 0.2) is 48.5 Å². The average molecular weight is 264 g/mol. The van der Waals surface area contributed by atoms with E-state index in [9.17, 15) is 14.8 Å². The highest BCUT2D eigenvalue weighted by molar-refractivity contribution is 7.74. The zero-order valence-electron chi connectivity index (χ0n) is 9.78. The Hall–Kier alpha value is -1.77. The Morgan fingerprint density at radius 3 is 1.44 bits per heavy atom. The number of rotatable bonds is 3. The van der Waals surface area contributed by atoms with Gasteiger partial charge in [-0.05, 0) is 48.5 Å². The molecule has 0 heterocycles. The van der Waals surface area contributed by atoms with Crippen LogP contribution < -0.4 is 10.6 Å². The van der Waals surface area contributed by atoms with Crippen molar-refractivity contribution in [3.63, 3.8) is 0 Å². The van der Waals surface area contributed by atoms with Crippen LogP contribution in [0, 0.1) is 0 Å². The standard InChI is InChI=1S/C13H13O4P/c1-17-18(16,12-6-2-10(14)3-7-12)13-8-4-11(15)5-9-13/h2-9,14-15H,1H3. The van der Waals surface area contributed by atoms with Crippen LogP contribution in [-0.2, 0) is 9.09 Å². The molecule has 0 radical (unpaired) electrons. The molecule has 0 aliphatic heterocycles. The van der Waals surface area contributed by atoms with Crippen LogP contribution in [0.1, 0.15) is 0 Å². The lowest BCUT2D eigenvalue weighted by molar-refractivity contribution is 0.412. The van der Waals surface area contributed by atoms with Crippen molar-refractivity contribution in [2.45, 2.75) is 0 Å². The maximum Gasteiger partial charge on any atom is 0.261 e. The first kappa shape index (κ1) is 12.7. The van der Waals surface area contributed by atoms with Crippen LogP contribution in [0.4, 0.5) is 0 Å². The molecule has 2 aromatic rings. The van der Waals surface area contributed by atoms with Gasteiger partial charge >= 0.3 is 0 Å². The monoisotopic (exact) mass is 264 g/mol. The van der Waals surface area contributed by atoms with Crippen LogP contribution in [0.3, 0.4) is 0 Å². The van der Waals surface area contributed by atoms with Crippen LogP contribution in [0.5, 0.6) is 11.5 Å². The van der Waals surface area contributed by atoms with Crippen LogP contribution in [-0.4, -0.2) is 17.3 Å². The molecule has 0 bridgehead atoms. The minimum atomic E-state index is -3.17. The second-order valence-electron chi connectivity index (χ2n) is 3.77. The Morgan fingerprint density at radius 1 is 0.833 bits per heavy atom. The third-order valence-electron chi connectivity index (χ3n) is 2.64. The molecular weight excluding hydrogens is 251 g/mol. The van der Waals surface area contributed by atoms with E-state index in [1.54, 1.807) is 24.3 Å². The second kappa shape index (κ2) is 4.84. The van der Waals surface area contributed by atoms with Gasteiger partial charge in [0.1, 0.15) is 11.5 Å². The number of phenols is 2. The normalized spacial score (nSPS) is 11.4. The minimum absolute atomic E-state index is 0.104. The van der Waals surface area contributed by atoms with Gasteiger partial charge in [-0.3, -0.25) is 4.57 Å². The quantitative estimate of drug-likeness (QED) is 0.832. The first-order valence-electron chi connectivity index (χ1n) is 5.31. The zero-order chi connectivity index (χ0) is 13.2. The fraction of sp³-hybridized carbons (Fsp3) is 0.0769. The summed E-state index contributed by atoms with van der Waals surface area (Å²) in [5.41, 5.74) is 0. The molecule has 2 aromatic carbocycles. The summed E-state index contributed by atoms with van der Waals surface area (Å²) < 4.78 is 18.0. The van der Waals surface area contributed by atoms with Crippen molar-refractivity contribution in [2.75, 3.05) is 7.11 Å². The van der Waals surface area contributed by atoms with E-state index in [-0.39, 0.29) is 11.5 Å². The van der Waals surface area contributed by atoms with E-state index in [4.69, 9.17) is 4.52 Å². The lowest BCUT2D eigenvalue weighted by Gasteiger charge is -2.16. The van der Waals surface area contributed by atoms with E-state index in [2.05, 4.69) is 0 Å². The molecule has 2 N–H and O–H groups in total. The van der Waals surface area contributed by atoms with Gasteiger partial charge in [-0.25, -0.2) is 0 Å². The van der Waals surface area contributed by atoms with Gasteiger partial charge in [-0.15, -0.1) is 0 Å². The summed E-state index contributed by atoms with van der Waals surface area (Å²) >= 11 is 0. The summed E-state index contributed by atoms with van der Waals surface area (Å²) in [5.74, 6) is 0.208. The van der Waals surface area contributed by atoms with Gasteiger partial charge in [0.25, 0.3) is 7.37 Å². The highest BCUT2D eigenvalue weighted by Gasteiger charge is 2.27. The summed E-state index contributed by atoms with van der Waals surface area (Å²) in [7, 11) is -1.79. The average Bonchev–Trinajstić information content (AvgIpc) is 2.39. The van der Waals surface area contributed by atoms with Crippen LogP contribution in [0.25, 0.3) is 0 Å². The van der Waals surface area contributed by atoms with Crippen molar-refractivity contribution in [3.05, 3.63) is 48.5 Å². The summed E-state index contributed by atoms with van der Waals surface area (Å²) in [6, 6.07) is 12.1. The smallest absolute Gasteiger partial charge is 0.261 e. The number of phenolic OH excluding ortho intramolecular Hbond substituents is 2. The predicted octanol–water partition coefficient (Wildman–Crippen LogP) is 1.97. The molecule has 0 aliphatic carbocycles. The highest BCUT2D eigenvalue weighted by atomic mass is 31.2. The van der Waals surface area contributed by atoms with E-state index in [0.717, 1.165) is 0 Å². The Bertz CT molecular complexity index is 525. The maximum atomic E-state index is 12.8. The van der Waals surface area contributed by atoms with Gasteiger partial charge in [-0.2, -0.15) is 0 Å². The zero-order valence-corrected chi connectivity index (χ0v) is 10.7. The molecule has 94 valence electrons. The molecule has 0 amide bonds. The molecule has 0 fully saturated rings. The highest BCUT2D eigenvalue weighted by Crippen LogP contribution is 2.43. The molecule has 0 aliphatic rings. The topological polar surface area (TPSA) is 66.8 Å². The molecule has 18 heavy (non-hydrogen) atoms. The lowest BCUT2D eigenvalue weighted by Crippen LogP contribution is -2.16. The minimum Gasteiger partial charge on any atom is -0.508 e. The molecule has 0 aromatic heterocycles. The second-order valence-corrected chi connectivity index (χ2v) is 6.27. The summed E-state index contributed by atoms with van der Waals surface area (Å²) in [6.07, 6.45) is 0. The summed E-state index contributed by atoms with van der Waals surface area (Å²) in [6.45, 7) is 0. The van der Waals surface area contributed by atoms with Gasteiger partial charge in [0.2, 0.25) is 0 Å². The Labute approximate surface area is 105 Å². The van der Waals surface area contributed by atoms with Crippen molar-refractivity contribution >= 4 is 18.0 Å². The maximum absolute atomic E-state index is 12.8. The number of hydrogen-bond acceptors (Lipinski definition) is 4. The predicted molar refractivity (Wildman–Crippen MR) is 70.1 cm³/mol. The van der Waals surface area contributed by atoms with E-state index in [1.807, 2.05) is 0 Å². The van der Waals surface area contributed by atoms with Crippen LogP contribution in [0.2, 0.25) is 0 Å². The third-order valence-corrected chi connectivity index (χ3v) is 5.11. The van der Waals surface area contributed by atoms with Crippen molar-refractivity contribution < 1.29 is 19.3 Å². The molecule has 0 unspecified atom stereocenters. The number of aromatic hydroxyl groups is 2. The van der Waals surface area contributed by atoms with E-state index >= 15 is 0 Å². The Balaban J connectivity index is 2.51. The van der Waals surface area contributed by atoms with Crippen molar-refractivity contribution in [1.82, 2.24) is 0 Å². The van der Waals surface area contributed by atoms with Gasteiger partial charge in [0.15, 0.2) is 0 Å². The first-order chi connectivity index (χ1) is 8.56. The van der Waals surface area contributed by atoms with E-state index in [1.165, 1.54) is 31.4 Å². The van der Waals surface area contributed by atoms with Crippen molar-refractivity contribution in [1.29, 1.82) is 0 Å². The molecule has 0 saturated carbocycles. The van der Waals surface area contributed by atoms with Gasteiger partial charge in [0.05, 0.1) is 0 Å². The lowest BCUT2D eigenvalue weighted by atomic mass is 10.3. The van der Waals surface area contributed by atoms with Gasteiger partial charge in [0, 0.05) is 17.7 Å². The van der Waals surface area contributed by atoms with Gasteiger partial charge in [-0.1, -0.05) is 0 Å². The molecule has 0 spiro atoms. The molecule has 0 atom stereocenters. The summed E-state index contributed by atoms with van der Waals surface area (Å²) in [4.78, 5) is 0. The molecule has 5 heteroatoms. The van der Waals surface area contributed by atoms with Crippen LogP contribution >= 0.6 is 7.37 Å². The first-order valence-corrected chi connectivity index (χ1v) is 6.94. The summed E-state index contributed by atoms with van der Waals surface area (Å²) in [5, 5.41) is 19.5. The number of hydrogen-bond donors (Lipinski definition) is 2. The molecular formula is C13H13O4P. The van der Waals surface area contributed by atoms with Crippen molar-refractivity contribution in [2.24, 2.45) is 0 Å². The fourth-order valence-electron chi connectivity index (χ4n) is 1.66.